The van der Waals surface area contributed by atoms with E-state index in [1.165, 1.54) is 4.90 Å². The number of nitrogens with one attached hydrogen (secondary N) is 2. The highest BCUT2D eigenvalue weighted by atomic mass is 16.5. The number of anilines is 1. The molecule has 0 radical (unpaired) electrons. The fourth-order valence-corrected chi connectivity index (χ4v) is 7.58. The van der Waals surface area contributed by atoms with E-state index in [2.05, 4.69) is 20.9 Å². The van der Waals surface area contributed by atoms with Crippen LogP contribution >= 0.6 is 0 Å². The van der Waals surface area contributed by atoms with E-state index in [4.69, 9.17) is 9.47 Å². The zero-order chi connectivity index (χ0) is 31.2. The average Bonchev–Trinajstić information content (AvgIpc) is 3.71. The molecule has 3 amide bonds. The SMILES string of the molecule is CCOc1ccc(NC(=O)[C@@H]2[C@H]3C(=O)N([C@@H](CO)CC(C)C)C(C(=O)NCn4nnc5ccccc54)C34CC[C@@]2(C)O4)cc1. The van der Waals surface area contributed by atoms with E-state index in [1.54, 1.807) is 28.9 Å². The van der Waals surface area contributed by atoms with Crippen LogP contribution in [0.15, 0.2) is 48.5 Å². The maximum Gasteiger partial charge on any atom is 0.247 e. The predicted molar refractivity (Wildman–Crippen MR) is 161 cm³/mol. The van der Waals surface area contributed by atoms with Gasteiger partial charge in [-0.05, 0) is 75.4 Å². The summed E-state index contributed by atoms with van der Waals surface area (Å²) in [7, 11) is 0. The van der Waals surface area contributed by atoms with Crippen molar-refractivity contribution in [3.8, 4) is 5.75 Å². The van der Waals surface area contributed by atoms with E-state index in [9.17, 15) is 19.5 Å². The number of fused-ring (bicyclic) bond motifs is 2. The minimum absolute atomic E-state index is 0.0333. The molecule has 44 heavy (non-hydrogen) atoms. The highest BCUT2D eigenvalue weighted by Crippen LogP contribution is 2.63. The number of carbonyl (C=O) groups excluding carboxylic acids is 3. The van der Waals surface area contributed by atoms with Gasteiger partial charge < -0.3 is 30.1 Å². The molecule has 1 spiro atoms. The monoisotopic (exact) mass is 604 g/mol. The third-order valence-electron chi connectivity index (χ3n) is 9.35. The first kappa shape index (κ1) is 30.0. The Morgan fingerprint density at radius 2 is 1.89 bits per heavy atom. The van der Waals surface area contributed by atoms with Gasteiger partial charge in [-0.3, -0.25) is 14.4 Å². The molecular weight excluding hydrogens is 564 g/mol. The van der Waals surface area contributed by atoms with E-state index >= 15 is 0 Å². The fraction of sp³-hybridized carbons (Fsp3) is 0.531. The minimum Gasteiger partial charge on any atom is -0.494 e. The van der Waals surface area contributed by atoms with Crippen molar-refractivity contribution in [3.05, 3.63) is 48.5 Å². The van der Waals surface area contributed by atoms with E-state index in [-0.39, 0.29) is 31.0 Å². The van der Waals surface area contributed by atoms with Crippen molar-refractivity contribution in [2.45, 2.75) is 76.9 Å². The first-order valence-electron chi connectivity index (χ1n) is 15.3. The van der Waals surface area contributed by atoms with Gasteiger partial charge in [0.25, 0.3) is 0 Å². The molecule has 3 aromatic rings. The molecule has 2 aromatic carbocycles. The van der Waals surface area contributed by atoms with Gasteiger partial charge in [0.05, 0.1) is 42.2 Å². The number of benzene rings is 2. The molecule has 3 aliphatic heterocycles. The molecule has 2 unspecified atom stereocenters. The number of hydrogen-bond acceptors (Lipinski definition) is 8. The number of rotatable bonds is 11. The number of ether oxygens (including phenoxy) is 2. The van der Waals surface area contributed by atoms with Crippen LogP contribution in [0.1, 0.15) is 47.0 Å². The number of amides is 3. The lowest BCUT2D eigenvalue weighted by Crippen LogP contribution is -2.58. The Hall–Kier alpha value is -4.03. The van der Waals surface area contributed by atoms with Crippen molar-refractivity contribution >= 4 is 34.4 Å². The van der Waals surface area contributed by atoms with Gasteiger partial charge in [-0.15, -0.1) is 5.10 Å². The molecule has 6 atom stereocenters. The van der Waals surface area contributed by atoms with Gasteiger partial charge in [-0.2, -0.15) is 0 Å². The number of hydrogen-bond donors (Lipinski definition) is 3. The molecule has 1 aromatic heterocycles. The number of aliphatic hydroxyl groups is 1. The van der Waals surface area contributed by atoms with Crippen LogP contribution in [0.4, 0.5) is 5.69 Å². The third-order valence-corrected chi connectivity index (χ3v) is 9.35. The third kappa shape index (κ3) is 4.89. The quantitative estimate of drug-likeness (QED) is 0.303. The Bertz CT molecular complexity index is 1560. The number of aliphatic hydroxyl groups excluding tert-OH is 1. The lowest BCUT2D eigenvalue weighted by Gasteiger charge is -2.37. The summed E-state index contributed by atoms with van der Waals surface area (Å²) < 4.78 is 13.8. The molecular formula is C32H40N6O6. The van der Waals surface area contributed by atoms with Crippen molar-refractivity contribution in [1.82, 2.24) is 25.2 Å². The Morgan fingerprint density at radius 3 is 2.59 bits per heavy atom. The molecule has 3 aliphatic rings. The van der Waals surface area contributed by atoms with Crippen LogP contribution in [-0.4, -0.2) is 79.2 Å². The normalized spacial score (nSPS) is 28.0. The zero-order valence-electron chi connectivity index (χ0n) is 25.5. The Balaban J connectivity index is 1.32. The van der Waals surface area contributed by atoms with Crippen LogP contribution in [0.2, 0.25) is 0 Å². The first-order chi connectivity index (χ1) is 21.1. The van der Waals surface area contributed by atoms with E-state index < -0.39 is 41.0 Å². The maximum absolute atomic E-state index is 14.4. The topological polar surface area (TPSA) is 148 Å². The minimum atomic E-state index is -1.22. The lowest BCUT2D eigenvalue weighted by atomic mass is 9.66. The molecule has 4 heterocycles. The molecule has 2 bridgehead atoms. The number of aromatic nitrogens is 3. The molecule has 3 N–H and O–H groups in total. The van der Waals surface area contributed by atoms with Crippen LogP contribution in [0.3, 0.4) is 0 Å². The Kier molecular flexibility index (Phi) is 7.83. The number of carbonyl (C=O) groups is 3. The molecule has 0 saturated carbocycles. The fourth-order valence-electron chi connectivity index (χ4n) is 7.58. The van der Waals surface area contributed by atoms with Gasteiger partial charge in [-0.1, -0.05) is 31.2 Å². The van der Waals surface area contributed by atoms with Gasteiger partial charge in [-0.25, -0.2) is 4.68 Å². The van der Waals surface area contributed by atoms with Crippen molar-refractivity contribution in [3.63, 3.8) is 0 Å². The molecule has 12 nitrogen and oxygen atoms in total. The largest absolute Gasteiger partial charge is 0.494 e. The standard InChI is InChI=1S/C32H40N6O6/c1-5-43-22-12-10-20(11-13-22)34-28(40)25-26-30(42)38(21(17-39)16-19(2)3)27(32(26)15-14-31(25,4)44-32)29(41)33-18-37-24-9-7-6-8-23(24)35-36-37/h6-13,19,21,25-27,39H,5,14-18H2,1-4H3,(H,33,41)(H,34,40)/t21-,25+,26+,27?,31-,32?/m1/s1. The number of nitrogens with zero attached hydrogens (tertiary/aromatic N) is 4. The molecule has 0 aliphatic carbocycles. The first-order valence-corrected chi connectivity index (χ1v) is 15.3. The van der Waals surface area contributed by atoms with Gasteiger partial charge in [0.2, 0.25) is 17.7 Å². The van der Waals surface area contributed by atoms with Gasteiger partial charge in [0.1, 0.15) is 29.6 Å². The van der Waals surface area contributed by atoms with Crippen molar-refractivity contribution in [1.29, 1.82) is 0 Å². The summed E-state index contributed by atoms with van der Waals surface area (Å²) in [5.41, 5.74) is -0.125. The van der Waals surface area contributed by atoms with Crippen molar-refractivity contribution in [2.75, 3.05) is 18.5 Å². The molecule has 234 valence electrons. The van der Waals surface area contributed by atoms with E-state index in [0.717, 1.165) is 5.52 Å². The lowest BCUT2D eigenvalue weighted by molar-refractivity contribution is -0.149. The van der Waals surface area contributed by atoms with Crippen LogP contribution < -0.4 is 15.4 Å². The van der Waals surface area contributed by atoms with Crippen LogP contribution in [-0.2, 0) is 25.8 Å². The zero-order valence-corrected chi connectivity index (χ0v) is 25.5. The van der Waals surface area contributed by atoms with Crippen molar-refractivity contribution in [2.24, 2.45) is 17.8 Å². The summed E-state index contributed by atoms with van der Waals surface area (Å²) in [6.07, 6.45) is 1.44. The average molecular weight is 605 g/mol. The Morgan fingerprint density at radius 1 is 1.14 bits per heavy atom. The second-order valence-corrected chi connectivity index (χ2v) is 12.7. The van der Waals surface area contributed by atoms with Crippen LogP contribution in [0, 0.1) is 17.8 Å². The second kappa shape index (κ2) is 11.5. The van der Waals surface area contributed by atoms with E-state index in [1.807, 2.05) is 52.0 Å². The van der Waals surface area contributed by atoms with Gasteiger partial charge in [0.15, 0.2) is 0 Å². The molecule has 3 saturated heterocycles. The summed E-state index contributed by atoms with van der Waals surface area (Å²) in [6, 6.07) is 12.8. The second-order valence-electron chi connectivity index (χ2n) is 12.7. The van der Waals surface area contributed by atoms with Crippen LogP contribution in [0.5, 0.6) is 5.75 Å². The Labute approximate surface area is 256 Å². The predicted octanol–water partition coefficient (Wildman–Crippen LogP) is 2.71. The highest BCUT2D eigenvalue weighted by Gasteiger charge is 2.78. The van der Waals surface area contributed by atoms with Gasteiger partial charge >= 0.3 is 0 Å². The molecule has 6 rings (SSSR count). The van der Waals surface area contributed by atoms with Crippen LogP contribution in [0.25, 0.3) is 11.0 Å². The van der Waals surface area contributed by atoms with E-state index in [0.29, 0.717) is 42.8 Å². The maximum atomic E-state index is 14.4. The summed E-state index contributed by atoms with van der Waals surface area (Å²) in [4.78, 5) is 44.1. The number of likely N-dealkylation sites (tertiary alicyclic amines) is 1. The summed E-state index contributed by atoms with van der Waals surface area (Å²) in [6.45, 7) is 8.01. The molecule has 12 heteroatoms. The summed E-state index contributed by atoms with van der Waals surface area (Å²) in [5.74, 6) is -1.96. The highest BCUT2D eigenvalue weighted by molar-refractivity contribution is 6.02. The molecule has 3 fully saturated rings. The van der Waals surface area contributed by atoms with Crippen molar-refractivity contribution < 1.29 is 29.0 Å². The smallest absolute Gasteiger partial charge is 0.247 e. The summed E-state index contributed by atoms with van der Waals surface area (Å²) in [5, 5.41) is 24.7. The van der Waals surface area contributed by atoms with Gasteiger partial charge in [0, 0.05) is 5.69 Å². The summed E-state index contributed by atoms with van der Waals surface area (Å²) >= 11 is 0. The number of para-hydroxylation sites is 1.